The summed E-state index contributed by atoms with van der Waals surface area (Å²) in [4.78, 5) is 14.3. The van der Waals surface area contributed by atoms with E-state index in [1.807, 2.05) is 43.0 Å². The van der Waals surface area contributed by atoms with Crippen molar-refractivity contribution in [2.24, 2.45) is 0 Å². The number of ether oxygens (including phenoxy) is 3. The molecule has 1 aromatic rings. The smallest absolute Gasteiger partial charge is 0.317 e. The third-order valence-corrected chi connectivity index (χ3v) is 4.64. The van der Waals surface area contributed by atoms with Gasteiger partial charge in [0.05, 0.1) is 25.9 Å². The molecular weight excluding hydrogens is 308 g/mol. The summed E-state index contributed by atoms with van der Waals surface area (Å²) in [7, 11) is 0. The number of likely N-dealkylation sites (tertiary alicyclic amines) is 1. The van der Waals surface area contributed by atoms with Gasteiger partial charge in [-0.1, -0.05) is 12.1 Å². The van der Waals surface area contributed by atoms with Gasteiger partial charge in [-0.3, -0.25) is 0 Å². The highest BCUT2D eigenvalue weighted by Crippen LogP contribution is 2.31. The molecule has 2 aliphatic heterocycles. The van der Waals surface area contributed by atoms with Gasteiger partial charge in [0.2, 0.25) is 0 Å². The molecule has 1 aromatic carbocycles. The van der Waals surface area contributed by atoms with Gasteiger partial charge in [0.25, 0.3) is 0 Å². The van der Waals surface area contributed by atoms with E-state index in [1.54, 1.807) is 0 Å². The SMILES string of the molecule is CCOc1cccc([C@H](C)NC(=O)N2CCC3(CC2)OCCO3)c1. The van der Waals surface area contributed by atoms with Crippen LogP contribution in [0.3, 0.4) is 0 Å². The van der Waals surface area contributed by atoms with Crippen LogP contribution in [0.2, 0.25) is 0 Å². The highest BCUT2D eigenvalue weighted by molar-refractivity contribution is 5.74. The summed E-state index contributed by atoms with van der Waals surface area (Å²) in [6.45, 7) is 7.17. The Bertz CT molecular complexity index is 562. The van der Waals surface area contributed by atoms with E-state index in [1.165, 1.54) is 0 Å². The van der Waals surface area contributed by atoms with Crippen LogP contribution in [0.5, 0.6) is 5.75 Å². The lowest BCUT2D eigenvalue weighted by molar-refractivity contribution is -0.181. The van der Waals surface area contributed by atoms with E-state index in [2.05, 4.69) is 5.32 Å². The second-order valence-electron chi connectivity index (χ2n) is 6.27. The molecule has 0 saturated carbocycles. The molecule has 0 bridgehead atoms. The number of urea groups is 1. The lowest BCUT2D eigenvalue weighted by atomic mass is 10.0. The number of amides is 2. The third kappa shape index (κ3) is 3.82. The Morgan fingerprint density at radius 2 is 2.04 bits per heavy atom. The number of nitrogens with one attached hydrogen (secondary N) is 1. The van der Waals surface area contributed by atoms with Gasteiger partial charge in [-0.25, -0.2) is 4.79 Å². The summed E-state index contributed by atoms with van der Waals surface area (Å²) in [5, 5.41) is 3.06. The van der Waals surface area contributed by atoms with Crippen molar-refractivity contribution < 1.29 is 19.0 Å². The molecule has 132 valence electrons. The van der Waals surface area contributed by atoms with Gasteiger partial charge in [-0.05, 0) is 31.5 Å². The highest BCUT2D eigenvalue weighted by atomic mass is 16.7. The van der Waals surface area contributed by atoms with Crippen LogP contribution in [0.4, 0.5) is 4.79 Å². The van der Waals surface area contributed by atoms with Crippen LogP contribution in [-0.2, 0) is 9.47 Å². The molecule has 1 atom stereocenters. The van der Waals surface area contributed by atoms with E-state index >= 15 is 0 Å². The van der Waals surface area contributed by atoms with Gasteiger partial charge in [-0.15, -0.1) is 0 Å². The minimum Gasteiger partial charge on any atom is -0.494 e. The summed E-state index contributed by atoms with van der Waals surface area (Å²) in [6.07, 6.45) is 1.46. The van der Waals surface area contributed by atoms with Gasteiger partial charge < -0.3 is 24.4 Å². The highest BCUT2D eigenvalue weighted by Gasteiger charge is 2.40. The van der Waals surface area contributed by atoms with Crippen molar-refractivity contribution in [2.75, 3.05) is 32.9 Å². The summed E-state index contributed by atoms with van der Waals surface area (Å²) in [5.74, 6) is 0.375. The van der Waals surface area contributed by atoms with Crippen LogP contribution in [0.15, 0.2) is 24.3 Å². The van der Waals surface area contributed by atoms with Crippen LogP contribution >= 0.6 is 0 Å². The van der Waals surface area contributed by atoms with Gasteiger partial charge >= 0.3 is 6.03 Å². The van der Waals surface area contributed by atoms with Crippen molar-refractivity contribution in [3.05, 3.63) is 29.8 Å². The zero-order valence-corrected chi connectivity index (χ0v) is 14.4. The third-order valence-electron chi connectivity index (χ3n) is 4.64. The molecule has 1 N–H and O–H groups in total. The predicted molar refractivity (Wildman–Crippen MR) is 90.0 cm³/mol. The van der Waals surface area contributed by atoms with Gasteiger partial charge in [0, 0.05) is 25.9 Å². The Morgan fingerprint density at radius 3 is 2.71 bits per heavy atom. The molecule has 2 fully saturated rings. The number of benzene rings is 1. The summed E-state index contributed by atoms with van der Waals surface area (Å²) in [5.41, 5.74) is 1.03. The fourth-order valence-electron chi connectivity index (χ4n) is 3.24. The number of hydrogen-bond donors (Lipinski definition) is 1. The summed E-state index contributed by atoms with van der Waals surface area (Å²) in [6, 6.07) is 7.72. The molecule has 0 radical (unpaired) electrons. The van der Waals surface area contributed by atoms with Crippen LogP contribution in [0.25, 0.3) is 0 Å². The molecule has 2 aliphatic rings. The molecule has 24 heavy (non-hydrogen) atoms. The molecule has 1 spiro atoms. The molecular formula is C18H26N2O4. The molecule has 0 unspecified atom stereocenters. The van der Waals surface area contributed by atoms with Crippen molar-refractivity contribution in [3.8, 4) is 5.75 Å². The molecule has 6 heteroatoms. The maximum atomic E-state index is 12.5. The van der Waals surface area contributed by atoms with Crippen molar-refractivity contribution in [1.29, 1.82) is 0 Å². The standard InChI is InChI=1S/C18H26N2O4/c1-3-22-16-6-4-5-15(13-16)14(2)19-17(21)20-9-7-18(8-10-20)23-11-12-24-18/h4-6,13-14H,3,7-12H2,1-2H3,(H,19,21)/t14-/m0/s1. The lowest BCUT2D eigenvalue weighted by Gasteiger charge is -2.37. The number of nitrogens with zero attached hydrogens (tertiary/aromatic N) is 1. The molecule has 2 heterocycles. The van der Waals surface area contributed by atoms with E-state index in [0.717, 1.165) is 24.2 Å². The molecule has 0 aromatic heterocycles. The van der Waals surface area contributed by atoms with Crippen LogP contribution in [0.1, 0.15) is 38.3 Å². The predicted octanol–water partition coefficient (Wildman–Crippen LogP) is 2.69. The Labute approximate surface area is 143 Å². The minimum absolute atomic E-state index is 0.0443. The van der Waals surface area contributed by atoms with E-state index in [4.69, 9.17) is 14.2 Å². The lowest BCUT2D eigenvalue weighted by Crippen LogP contribution is -2.50. The number of carbonyl (C=O) groups is 1. The quantitative estimate of drug-likeness (QED) is 0.920. The Kier molecular flexibility index (Phi) is 5.26. The zero-order chi connectivity index (χ0) is 17.0. The normalized spacial score (nSPS) is 20.8. The minimum atomic E-state index is -0.450. The zero-order valence-electron chi connectivity index (χ0n) is 14.4. The second kappa shape index (κ2) is 7.40. The maximum Gasteiger partial charge on any atom is 0.317 e. The first-order valence-corrected chi connectivity index (χ1v) is 8.68. The van der Waals surface area contributed by atoms with Crippen molar-refractivity contribution in [2.45, 2.75) is 38.5 Å². The van der Waals surface area contributed by atoms with E-state index in [9.17, 15) is 4.79 Å². The Hall–Kier alpha value is -1.79. The molecule has 2 amide bonds. The summed E-state index contributed by atoms with van der Waals surface area (Å²) < 4.78 is 16.9. The first-order chi connectivity index (χ1) is 11.6. The van der Waals surface area contributed by atoms with Crippen molar-refractivity contribution >= 4 is 6.03 Å². The molecule has 3 rings (SSSR count). The average molecular weight is 334 g/mol. The fraction of sp³-hybridized carbons (Fsp3) is 0.611. The largest absolute Gasteiger partial charge is 0.494 e. The van der Waals surface area contributed by atoms with Crippen molar-refractivity contribution in [1.82, 2.24) is 10.2 Å². The van der Waals surface area contributed by atoms with Crippen molar-refractivity contribution in [3.63, 3.8) is 0 Å². The molecule has 6 nitrogen and oxygen atoms in total. The topological polar surface area (TPSA) is 60.0 Å². The number of carbonyl (C=O) groups excluding carboxylic acids is 1. The van der Waals surface area contributed by atoms with Crippen LogP contribution in [0, 0.1) is 0 Å². The van der Waals surface area contributed by atoms with E-state index in [-0.39, 0.29) is 12.1 Å². The van der Waals surface area contributed by atoms with E-state index < -0.39 is 5.79 Å². The maximum absolute atomic E-state index is 12.5. The number of rotatable bonds is 4. The monoisotopic (exact) mass is 334 g/mol. The number of hydrogen-bond acceptors (Lipinski definition) is 4. The van der Waals surface area contributed by atoms with Gasteiger partial charge in [0.1, 0.15) is 5.75 Å². The molecule has 2 saturated heterocycles. The fourth-order valence-corrected chi connectivity index (χ4v) is 3.24. The molecule has 0 aliphatic carbocycles. The Morgan fingerprint density at radius 1 is 1.33 bits per heavy atom. The van der Waals surface area contributed by atoms with Gasteiger partial charge in [-0.2, -0.15) is 0 Å². The first kappa shape index (κ1) is 17.0. The Balaban J connectivity index is 1.54. The number of piperidine rings is 1. The van der Waals surface area contributed by atoms with E-state index in [0.29, 0.717) is 32.9 Å². The van der Waals surface area contributed by atoms with Gasteiger partial charge in [0.15, 0.2) is 5.79 Å². The second-order valence-corrected chi connectivity index (χ2v) is 6.27. The average Bonchev–Trinajstić information content (AvgIpc) is 3.04. The van der Waals surface area contributed by atoms with Crippen LogP contribution < -0.4 is 10.1 Å². The first-order valence-electron chi connectivity index (χ1n) is 8.68. The summed E-state index contributed by atoms with van der Waals surface area (Å²) >= 11 is 0. The van der Waals surface area contributed by atoms with Crippen LogP contribution in [-0.4, -0.2) is 49.6 Å².